The summed E-state index contributed by atoms with van der Waals surface area (Å²) >= 11 is 0. The van der Waals surface area contributed by atoms with E-state index in [4.69, 9.17) is 9.47 Å². The van der Waals surface area contributed by atoms with Crippen molar-refractivity contribution in [1.82, 2.24) is 10.2 Å². The molecule has 0 spiro atoms. The molecule has 1 saturated heterocycles. The van der Waals surface area contributed by atoms with Crippen molar-refractivity contribution in [1.29, 1.82) is 0 Å². The third-order valence-electron chi connectivity index (χ3n) is 7.78. The van der Waals surface area contributed by atoms with Crippen molar-refractivity contribution >= 4 is 18.0 Å². The first-order chi connectivity index (χ1) is 19.4. The predicted octanol–water partition coefficient (Wildman–Crippen LogP) is 4.96. The second-order valence-corrected chi connectivity index (χ2v) is 10.4. The highest BCUT2D eigenvalue weighted by Crippen LogP contribution is 2.44. The molecule has 1 aliphatic heterocycles. The molecule has 1 aliphatic carbocycles. The zero-order valence-electron chi connectivity index (χ0n) is 22.5. The number of likely N-dealkylation sites (tertiary alicyclic amines) is 1. The van der Waals surface area contributed by atoms with Gasteiger partial charge in [-0.3, -0.25) is 9.59 Å². The van der Waals surface area contributed by atoms with Crippen LogP contribution in [0, 0.1) is 0 Å². The van der Waals surface area contributed by atoms with Gasteiger partial charge in [0.15, 0.2) is 0 Å². The Kier molecular flexibility index (Phi) is 8.45. The van der Waals surface area contributed by atoms with Crippen LogP contribution < -0.4 is 5.32 Å². The summed E-state index contributed by atoms with van der Waals surface area (Å²) in [6.45, 7) is 2.55. The molecular formula is C32H34N2O6. The molecule has 0 radical (unpaired) electrons. The van der Waals surface area contributed by atoms with Gasteiger partial charge < -0.3 is 24.8 Å². The third-order valence-corrected chi connectivity index (χ3v) is 7.78. The summed E-state index contributed by atoms with van der Waals surface area (Å²) in [5, 5.41) is 12.1. The van der Waals surface area contributed by atoms with Gasteiger partial charge in [-0.15, -0.1) is 0 Å². The molecule has 8 nitrogen and oxygen atoms in total. The molecule has 3 atom stereocenters. The molecule has 2 amide bonds. The van der Waals surface area contributed by atoms with E-state index in [0.717, 1.165) is 27.8 Å². The molecule has 1 fully saturated rings. The molecule has 0 unspecified atom stereocenters. The average Bonchev–Trinajstić information content (AvgIpc) is 3.55. The normalized spacial score (nSPS) is 17.5. The van der Waals surface area contributed by atoms with Gasteiger partial charge in [0.05, 0.1) is 19.1 Å². The van der Waals surface area contributed by atoms with Gasteiger partial charge in [-0.05, 0) is 47.6 Å². The summed E-state index contributed by atoms with van der Waals surface area (Å²) in [7, 11) is 0. The van der Waals surface area contributed by atoms with Gasteiger partial charge in [0.25, 0.3) is 0 Å². The van der Waals surface area contributed by atoms with Gasteiger partial charge in [0.2, 0.25) is 5.91 Å². The molecule has 5 rings (SSSR count). The van der Waals surface area contributed by atoms with Crippen LogP contribution in [0.15, 0.2) is 78.9 Å². The number of nitrogens with zero attached hydrogens (tertiary/aromatic N) is 1. The Balaban J connectivity index is 1.29. The van der Waals surface area contributed by atoms with Crippen molar-refractivity contribution in [2.75, 3.05) is 13.2 Å². The summed E-state index contributed by atoms with van der Waals surface area (Å²) in [5.74, 6) is -1.44. The number of benzene rings is 3. The van der Waals surface area contributed by atoms with Gasteiger partial charge in [-0.1, -0.05) is 78.9 Å². The van der Waals surface area contributed by atoms with E-state index in [1.807, 2.05) is 66.7 Å². The van der Waals surface area contributed by atoms with Crippen LogP contribution in [0.25, 0.3) is 11.1 Å². The first-order valence-electron chi connectivity index (χ1n) is 13.7. The quantitative estimate of drug-likeness (QED) is 0.375. The van der Waals surface area contributed by atoms with Crippen LogP contribution in [0.3, 0.4) is 0 Å². The Bertz CT molecular complexity index is 1310. The summed E-state index contributed by atoms with van der Waals surface area (Å²) in [6.07, 6.45) is -0.221. The summed E-state index contributed by atoms with van der Waals surface area (Å²) < 4.78 is 11.7. The number of hydrogen-bond donors (Lipinski definition) is 2. The molecule has 3 aromatic rings. The van der Waals surface area contributed by atoms with E-state index >= 15 is 0 Å². The molecule has 0 aromatic heterocycles. The van der Waals surface area contributed by atoms with Crippen LogP contribution in [0.5, 0.6) is 0 Å². The number of fused-ring (bicyclic) bond motifs is 3. The van der Waals surface area contributed by atoms with Crippen LogP contribution in [-0.2, 0) is 25.7 Å². The topological polar surface area (TPSA) is 105 Å². The number of carboxylic acids is 1. The number of alkyl carbamates (subject to hydrolysis) is 1. The van der Waals surface area contributed by atoms with E-state index in [0.29, 0.717) is 19.4 Å². The Morgan fingerprint density at radius 3 is 2.23 bits per heavy atom. The van der Waals surface area contributed by atoms with Gasteiger partial charge in [-0.25, -0.2) is 4.79 Å². The molecule has 0 bridgehead atoms. The summed E-state index contributed by atoms with van der Waals surface area (Å²) in [5.41, 5.74) is 5.38. The fraction of sp³-hybridized carbons (Fsp3) is 0.344. The maximum absolute atomic E-state index is 13.7. The second-order valence-electron chi connectivity index (χ2n) is 10.4. The van der Waals surface area contributed by atoms with Crippen molar-refractivity contribution < 1.29 is 29.0 Å². The molecule has 208 valence electrons. The van der Waals surface area contributed by atoms with Crippen molar-refractivity contribution in [3.8, 4) is 11.1 Å². The lowest BCUT2D eigenvalue weighted by atomic mass is 9.98. The van der Waals surface area contributed by atoms with Crippen molar-refractivity contribution in [2.24, 2.45) is 0 Å². The minimum Gasteiger partial charge on any atom is -0.481 e. The standard InChI is InChI=1S/C32H34N2O6/c1-21(39-19-22-10-3-2-4-11-22)30(31(37)34-17-9-12-23(34)18-29(35)36)33-32(38)40-20-28-26-15-7-5-13-24(26)25-14-6-8-16-27(25)28/h2-8,10-11,13-16,21,23,28,30H,9,12,17-20H2,1H3,(H,33,38)(H,35,36)/t21-,23-,30+/m0/s1. The number of carboxylic acid groups (broad SMARTS) is 1. The van der Waals surface area contributed by atoms with Gasteiger partial charge in [0.1, 0.15) is 12.6 Å². The first kappa shape index (κ1) is 27.4. The lowest BCUT2D eigenvalue weighted by molar-refractivity contribution is -0.142. The maximum atomic E-state index is 13.7. The SMILES string of the molecule is C[C@H](OCc1ccccc1)[C@@H](NC(=O)OCC1c2ccccc2-c2ccccc21)C(=O)N1CCC[C@H]1CC(=O)O. The minimum absolute atomic E-state index is 0.113. The monoisotopic (exact) mass is 542 g/mol. The number of carbonyl (C=O) groups is 3. The summed E-state index contributed by atoms with van der Waals surface area (Å²) in [4.78, 5) is 39.8. The summed E-state index contributed by atoms with van der Waals surface area (Å²) in [6, 6.07) is 24.3. The predicted molar refractivity (Wildman–Crippen MR) is 150 cm³/mol. The van der Waals surface area contributed by atoms with Gasteiger partial charge >= 0.3 is 12.1 Å². The van der Waals surface area contributed by atoms with E-state index in [2.05, 4.69) is 17.4 Å². The van der Waals surface area contributed by atoms with Crippen LogP contribution in [0.2, 0.25) is 0 Å². The highest BCUT2D eigenvalue weighted by Gasteiger charge is 2.38. The van der Waals surface area contributed by atoms with Crippen LogP contribution in [0.4, 0.5) is 4.79 Å². The Morgan fingerprint density at radius 2 is 1.57 bits per heavy atom. The fourth-order valence-corrected chi connectivity index (χ4v) is 5.76. The average molecular weight is 543 g/mol. The minimum atomic E-state index is -1.03. The number of hydrogen-bond acceptors (Lipinski definition) is 5. The van der Waals surface area contributed by atoms with Crippen molar-refractivity contribution in [3.63, 3.8) is 0 Å². The zero-order valence-corrected chi connectivity index (χ0v) is 22.5. The Morgan fingerprint density at radius 1 is 0.950 bits per heavy atom. The van der Waals surface area contributed by atoms with Gasteiger partial charge in [0, 0.05) is 18.5 Å². The van der Waals surface area contributed by atoms with Gasteiger partial charge in [-0.2, -0.15) is 0 Å². The molecule has 8 heteroatoms. The molecule has 3 aromatic carbocycles. The van der Waals surface area contributed by atoms with E-state index < -0.39 is 30.3 Å². The molecular weight excluding hydrogens is 508 g/mol. The maximum Gasteiger partial charge on any atom is 0.407 e. The lowest BCUT2D eigenvalue weighted by Crippen LogP contribution is -2.55. The number of amides is 2. The van der Waals surface area contributed by atoms with E-state index in [-0.39, 0.29) is 31.5 Å². The Hall–Kier alpha value is -4.17. The van der Waals surface area contributed by atoms with Crippen molar-refractivity contribution in [2.45, 2.75) is 56.9 Å². The fourth-order valence-electron chi connectivity index (χ4n) is 5.76. The second kappa shape index (κ2) is 12.3. The smallest absolute Gasteiger partial charge is 0.407 e. The first-order valence-corrected chi connectivity index (χ1v) is 13.7. The molecule has 40 heavy (non-hydrogen) atoms. The lowest BCUT2D eigenvalue weighted by Gasteiger charge is -2.31. The van der Waals surface area contributed by atoms with Crippen molar-refractivity contribution in [3.05, 3.63) is 95.6 Å². The van der Waals surface area contributed by atoms with Crippen LogP contribution in [0.1, 0.15) is 48.8 Å². The van der Waals surface area contributed by atoms with E-state index in [1.54, 1.807) is 11.8 Å². The highest BCUT2D eigenvalue weighted by atomic mass is 16.5. The van der Waals surface area contributed by atoms with E-state index in [9.17, 15) is 19.5 Å². The number of carbonyl (C=O) groups excluding carboxylic acids is 2. The number of rotatable bonds is 10. The largest absolute Gasteiger partial charge is 0.481 e. The van der Waals surface area contributed by atoms with E-state index in [1.165, 1.54) is 0 Å². The molecule has 1 heterocycles. The third kappa shape index (κ3) is 6.02. The van der Waals surface area contributed by atoms with Crippen LogP contribution in [-0.4, -0.2) is 59.3 Å². The number of nitrogens with one attached hydrogen (secondary N) is 1. The Labute approximate surface area is 233 Å². The molecule has 2 aliphatic rings. The highest BCUT2D eigenvalue weighted by molar-refractivity contribution is 5.87. The number of ether oxygens (including phenoxy) is 2. The molecule has 2 N–H and O–H groups in total. The van der Waals surface area contributed by atoms with Crippen LogP contribution >= 0.6 is 0 Å². The number of aliphatic carboxylic acids is 1. The zero-order chi connectivity index (χ0) is 28.1. The molecule has 0 saturated carbocycles.